The summed E-state index contributed by atoms with van der Waals surface area (Å²) in [7, 11) is 3.22. The molecule has 0 aliphatic carbocycles. The lowest BCUT2D eigenvalue weighted by atomic mass is 9.82. The molecule has 144 valence electrons. The molecule has 1 aromatic rings. The van der Waals surface area contributed by atoms with Crippen LogP contribution in [0.25, 0.3) is 0 Å². The molecule has 0 radical (unpaired) electrons. The van der Waals surface area contributed by atoms with E-state index in [4.69, 9.17) is 14.2 Å². The Morgan fingerprint density at radius 1 is 1.04 bits per heavy atom. The molecule has 0 saturated heterocycles. The second-order valence-electron chi connectivity index (χ2n) is 8.36. The first-order valence-corrected chi connectivity index (χ1v) is 8.78. The Labute approximate surface area is 152 Å². The Hall–Kier alpha value is -1.30. The van der Waals surface area contributed by atoms with Gasteiger partial charge in [0.15, 0.2) is 11.5 Å². The van der Waals surface area contributed by atoms with Crippen LogP contribution in [0.1, 0.15) is 46.6 Å². The highest BCUT2D eigenvalue weighted by Crippen LogP contribution is 2.28. The van der Waals surface area contributed by atoms with Gasteiger partial charge < -0.3 is 24.6 Å². The minimum atomic E-state index is -0.542. The maximum absolute atomic E-state index is 10.1. The second kappa shape index (κ2) is 9.41. The van der Waals surface area contributed by atoms with Gasteiger partial charge in [-0.05, 0) is 43.4 Å². The van der Waals surface area contributed by atoms with E-state index in [2.05, 4.69) is 39.9 Å². The zero-order valence-corrected chi connectivity index (χ0v) is 16.8. The topological polar surface area (TPSA) is 60.0 Å². The van der Waals surface area contributed by atoms with Crippen molar-refractivity contribution in [2.24, 2.45) is 5.41 Å². The number of hydrogen-bond acceptors (Lipinski definition) is 5. The van der Waals surface area contributed by atoms with Crippen molar-refractivity contribution in [1.29, 1.82) is 0 Å². The third kappa shape index (κ3) is 8.56. The summed E-state index contributed by atoms with van der Waals surface area (Å²) >= 11 is 0. The summed E-state index contributed by atoms with van der Waals surface area (Å²) in [5, 5.41) is 13.6. The Bertz CT molecular complexity index is 523. The van der Waals surface area contributed by atoms with E-state index in [9.17, 15) is 5.11 Å². The number of ether oxygens (including phenoxy) is 3. The Morgan fingerprint density at radius 3 is 2.24 bits per heavy atom. The van der Waals surface area contributed by atoms with Crippen LogP contribution in [0, 0.1) is 5.41 Å². The van der Waals surface area contributed by atoms with Crippen LogP contribution in [-0.2, 0) is 11.3 Å². The molecule has 0 bridgehead atoms. The van der Waals surface area contributed by atoms with Gasteiger partial charge >= 0.3 is 0 Å². The molecule has 25 heavy (non-hydrogen) atoms. The fourth-order valence-electron chi connectivity index (χ4n) is 3.12. The summed E-state index contributed by atoms with van der Waals surface area (Å²) in [4.78, 5) is 0. The molecular weight excluding hydrogens is 318 g/mol. The first-order chi connectivity index (χ1) is 11.6. The van der Waals surface area contributed by atoms with Gasteiger partial charge in [0.05, 0.1) is 33.5 Å². The lowest BCUT2D eigenvalue weighted by molar-refractivity contribution is 0.0244. The van der Waals surface area contributed by atoms with E-state index in [1.807, 2.05) is 18.2 Å². The van der Waals surface area contributed by atoms with Gasteiger partial charge in [0, 0.05) is 12.1 Å². The van der Waals surface area contributed by atoms with Gasteiger partial charge in [-0.2, -0.15) is 0 Å². The van der Waals surface area contributed by atoms with Gasteiger partial charge in [-0.25, -0.2) is 0 Å². The lowest BCUT2D eigenvalue weighted by Crippen LogP contribution is -2.46. The van der Waals surface area contributed by atoms with E-state index in [-0.39, 0.29) is 17.6 Å². The van der Waals surface area contributed by atoms with Gasteiger partial charge in [-0.15, -0.1) is 0 Å². The maximum atomic E-state index is 10.1. The van der Waals surface area contributed by atoms with Gasteiger partial charge in [-0.3, -0.25) is 0 Å². The van der Waals surface area contributed by atoms with Crippen LogP contribution in [0.5, 0.6) is 11.5 Å². The number of β-amino-alcohol motifs (C(OH)–C–C–N with tert-alkyl or cyclic N) is 1. The summed E-state index contributed by atoms with van der Waals surface area (Å²) in [6, 6.07) is 5.67. The average molecular weight is 354 g/mol. The Balaban J connectivity index is 2.38. The highest BCUT2D eigenvalue weighted by Gasteiger charge is 2.25. The smallest absolute Gasteiger partial charge is 0.161 e. The van der Waals surface area contributed by atoms with E-state index < -0.39 is 6.10 Å². The molecular formula is C20H35NO4. The van der Waals surface area contributed by atoms with Crippen molar-refractivity contribution in [2.45, 2.75) is 59.3 Å². The van der Waals surface area contributed by atoms with Gasteiger partial charge in [0.2, 0.25) is 0 Å². The van der Waals surface area contributed by atoms with Crippen LogP contribution in [0.4, 0.5) is 0 Å². The molecule has 0 saturated carbocycles. The first-order valence-electron chi connectivity index (χ1n) is 8.78. The zero-order chi connectivity index (χ0) is 19.1. The molecule has 0 spiro atoms. The molecule has 5 heteroatoms. The summed E-state index contributed by atoms with van der Waals surface area (Å²) in [6.07, 6.45) is 0.485. The van der Waals surface area contributed by atoms with E-state index in [1.165, 1.54) is 0 Å². The van der Waals surface area contributed by atoms with Crippen molar-refractivity contribution in [3.63, 3.8) is 0 Å². The molecule has 2 N–H and O–H groups in total. The fraction of sp³-hybridized carbons (Fsp3) is 0.700. The van der Waals surface area contributed by atoms with Gasteiger partial charge in [0.25, 0.3) is 0 Å². The highest BCUT2D eigenvalue weighted by atomic mass is 16.5. The summed E-state index contributed by atoms with van der Waals surface area (Å²) < 4.78 is 16.1. The quantitative estimate of drug-likeness (QED) is 0.675. The molecule has 0 aromatic heterocycles. The summed E-state index contributed by atoms with van der Waals surface area (Å²) in [6.45, 7) is 12.2. The molecule has 1 rings (SSSR count). The number of rotatable bonds is 10. The van der Waals surface area contributed by atoms with E-state index >= 15 is 0 Å². The minimum absolute atomic E-state index is 0.0252. The molecule has 0 heterocycles. The van der Waals surface area contributed by atoms with E-state index in [1.54, 1.807) is 14.2 Å². The van der Waals surface area contributed by atoms with Crippen molar-refractivity contribution in [3.8, 4) is 11.5 Å². The normalized spacial score (nSPS) is 13.6. The highest BCUT2D eigenvalue weighted by molar-refractivity contribution is 5.42. The number of aliphatic hydroxyl groups excluding tert-OH is 1. The van der Waals surface area contributed by atoms with Crippen LogP contribution in [0.2, 0.25) is 0 Å². The molecule has 0 fully saturated rings. The van der Waals surface area contributed by atoms with Crippen molar-refractivity contribution in [2.75, 3.05) is 27.4 Å². The van der Waals surface area contributed by atoms with Crippen molar-refractivity contribution in [1.82, 2.24) is 5.32 Å². The lowest BCUT2D eigenvalue weighted by Gasteiger charge is -2.34. The molecule has 1 aromatic carbocycles. The Kier molecular flexibility index (Phi) is 8.19. The van der Waals surface area contributed by atoms with Crippen molar-refractivity contribution >= 4 is 0 Å². The van der Waals surface area contributed by atoms with Crippen LogP contribution >= 0.6 is 0 Å². The standard InChI is InChI=1S/C20H35NO4/c1-19(2,3)14-20(4,5)21-11-16(22)13-25-12-15-8-9-17(23-6)18(10-15)24-7/h8-10,16,21-22H,11-14H2,1-7H3/t16-/m0/s1. The molecule has 0 amide bonds. The minimum Gasteiger partial charge on any atom is -0.493 e. The van der Waals surface area contributed by atoms with Crippen molar-refractivity contribution in [3.05, 3.63) is 23.8 Å². The molecule has 0 aliphatic rings. The molecule has 5 nitrogen and oxygen atoms in total. The van der Waals surface area contributed by atoms with Crippen LogP contribution in [0.15, 0.2) is 18.2 Å². The van der Waals surface area contributed by atoms with E-state index in [0.717, 1.165) is 12.0 Å². The number of benzene rings is 1. The third-order valence-corrected chi connectivity index (χ3v) is 3.82. The molecule has 0 aliphatic heterocycles. The van der Waals surface area contributed by atoms with Gasteiger partial charge in [0.1, 0.15) is 0 Å². The first kappa shape index (κ1) is 21.7. The number of nitrogens with one attached hydrogen (secondary N) is 1. The summed E-state index contributed by atoms with van der Waals surface area (Å²) in [5.41, 5.74) is 1.19. The number of methoxy groups -OCH3 is 2. The van der Waals surface area contributed by atoms with Gasteiger partial charge in [-0.1, -0.05) is 26.8 Å². The number of aliphatic hydroxyl groups is 1. The predicted octanol–water partition coefficient (Wildman–Crippen LogP) is 3.39. The second-order valence-corrected chi connectivity index (χ2v) is 8.36. The predicted molar refractivity (Wildman–Crippen MR) is 101 cm³/mol. The fourth-order valence-corrected chi connectivity index (χ4v) is 3.12. The maximum Gasteiger partial charge on any atom is 0.161 e. The average Bonchev–Trinajstić information content (AvgIpc) is 2.50. The third-order valence-electron chi connectivity index (χ3n) is 3.82. The van der Waals surface area contributed by atoms with Crippen molar-refractivity contribution < 1.29 is 19.3 Å². The van der Waals surface area contributed by atoms with Crippen LogP contribution in [0.3, 0.4) is 0 Å². The largest absolute Gasteiger partial charge is 0.493 e. The summed E-state index contributed by atoms with van der Waals surface area (Å²) in [5.74, 6) is 1.37. The Morgan fingerprint density at radius 2 is 1.68 bits per heavy atom. The van der Waals surface area contributed by atoms with Crippen LogP contribution < -0.4 is 14.8 Å². The molecule has 1 atom stereocenters. The van der Waals surface area contributed by atoms with Crippen LogP contribution in [-0.4, -0.2) is 44.1 Å². The SMILES string of the molecule is COc1ccc(COC[C@@H](O)CNC(C)(C)CC(C)(C)C)cc1OC. The van der Waals surface area contributed by atoms with E-state index in [0.29, 0.717) is 24.7 Å². The number of hydrogen-bond donors (Lipinski definition) is 2. The molecule has 0 unspecified atom stereocenters. The zero-order valence-electron chi connectivity index (χ0n) is 16.8. The monoisotopic (exact) mass is 353 g/mol.